The highest BCUT2D eigenvalue weighted by atomic mass is 35.5. The van der Waals surface area contributed by atoms with E-state index in [0.717, 1.165) is 23.4 Å². The number of nitrogens with zero attached hydrogens (tertiary/aromatic N) is 1. The van der Waals surface area contributed by atoms with Crippen molar-refractivity contribution in [1.82, 2.24) is 0 Å². The molecule has 3 atom stereocenters. The van der Waals surface area contributed by atoms with E-state index in [2.05, 4.69) is 23.5 Å². The van der Waals surface area contributed by atoms with Gasteiger partial charge in [-0.05, 0) is 30.0 Å². The minimum Gasteiger partial charge on any atom is -0.495 e. The van der Waals surface area contributed by atoms with E-state index in [1.165, 1.54) is 11.6 Å². The van der Waals surface area contributed by atoms with Crippen molar-refractivity contribution in [3.63, 3.8) is 0 Å². The van der Waals surface area contributed by atoms with Crippen LogP contribution in [-0.2, 0) is 0 Å². The normalized spacial score (nSPS) is 23.5. The highest BCUT2D eigenvalue weighted by Crippen LogP contribution is 2.53. The Balaban J connectivity index is 1.84. The fourth-order valence-electron chi connectivity index (χ4n) is 3.95. The molecule has 1 aliphatic heterocycles. The number of fused-ring (bicyclic) bond motifs is 3. The molecule has 1 N–H and O–H groups in total. The van der Waals surface area contributed by atoms with Gasteiger partial charge in [0.1, 0.15) is 5.75 Å². The Morgan fingerprint density at radius 3 is 2.88 bits per heavy atom. The predicted octanol–water partition coefficient (Wildman–Crippen LogP) is 5.08. The number of non-ortho nitro benzene ring substituents is 1. The van der Waals surface area contributed by atoms with Crippen LogP contribution in [0, 0.1) is 16.0 Å². The maximum atomic E-state index is 11.2. The molecule has 2 aliphatic rings. The van der Waals surface area contributed by atoms with E-state index >= 15 is 0 Å². The average Bonchev–Trinajstić information content (AvgIpc) is 3.11. The van der Waals surface area contributed by atoms with E-state index in [1.54, 1.807) is 19.2 Å². The van der Waals surface area contributed by atoms with E-state index in [-0.39, 0.29) is 28.5 Å². The van der Waals surface area contributed by atoms with E-state index < -0.39 is 0 Å². The van der Waals surface area contributed by atoms with Gasteiger partial charge in [0.05, 0.1) is 23.8 Å². The first-order valence-corrected chi connectivity index (χ1v) is 8.52. The Kier molecular flexibility index (Phi) is 3.88. The lowest BCUT2D eigenvalue weighted by atomic mass is 9.77. The van der Waals surface area contributed by atoms with Gasteiger partial charge in [-0.25, -0.2) is 0 Å². The van der Waals surface area contributed by atoms with Gasteiger partial charge in [0.25, 0.3) is 5.69 Å². The summed E-state index contributed by atoms with van der Waals surface area (Å²) < 4.78 is 5.51. The van der Waals surface area contributed by atoms with Gasteiger partial charge in [-0.15, -0.1) is 0 Å². The fourth-order valence-corrected chi connectivity index (χ4v) is 4.19. The zero-order valence-corrected chi connectivity index (χ0v) is 14.4. The summed E-state index contributed by atoms with van der Waals surface area (Å²) in [4.78, 5) is 10.8. The third-order valence-corrected chi connectivity index (χ3v) is 5.45. The maximum Gasteiger partial charge on any atom is 0.269 e. The second kappa shape index (κ2) is 6.08. The lowest BCUT2D eigenvalue weighted by Gasteiger charge is -2.38. The number of anilines is 1. The molecule has 0 radical (unpaired) electrons. The summed E-state index contributed by atoms with van der Waals surface area (Å²) >= 11 is 6.41. The summed E-state index contributed by atoms with van der Waals surface area (Å²) in [5.41, 5.74) is 2.93. The van der Waals surface area contributed by atoms with Gasteiger partial charge in [-0.1, -0.05) is 35.9 Å². The van der Waals surface area contributed by atoms with Gasteiger partial charge < -0.3 is 10.1 Å². The Bertz CT molecular complexity index is 881. The van der Waals surface area contributed by atoms with Crippen LogP contribution in [0.1, 0.15) is 29.5 Å². The first kappa shape index (κ1) is 16.0. The number of methoxy groups -OCH3 is 1. The number of hydrogen-bond acceptors (Lipinski definition) is 4. The number of rotatable bonds is 3. The summed E-state index contributed by atoms with van der Waals surface area (Å²) in [6, 6.07) is 10.5. The minimum atomic E-state index is -0.387. The number of allylic oxidation sites excluding steroid dienone is 2. The molecule has 0 saturated heterocycles. The lowest BCUT2D eigenvalue weighted by Crippen LogP contribution is -2.29. The van der Waals surface area contributed by atoms with Crippen molar-refractivity contribution in [2.24, 2.45) is 5.92 Å². The molecule has 0 fully saturated rings. The van der Waals surface area contributed by atoms with Crippen molar-refractivity contribution < 1.29 is 9.66 Å². The molecule has 1 heterocycles. The summed E-state index contributed by atoms with van der Waals surface area (Å²) in [6.45, 7) is 0. The molecular weight excluding hydrogens is 340 g/mol. The van der Waals surface area contributed by atoms with E-state index in [0.29, 0.717) is 5.02 Å². The van der Waals surface area contributed by atoms with Crippen molar-refractivity contribution in [2.45, 2.75) is 18.4 Å². The molecule has 1 aliphatic carbocycles. The largest absolute Gasteiger partial charge is 0.495 e. The molecule has 0 amide bonds. The Morgan fingerprint density at radius 2 is 2.12 bits per heavy atom. The van der Waals surface area contributed by atoms with Crippen LogP contribution in [0.4, 0.5) is 11.4 Å². The summed E-state index contributed by atoms with van der Waals surface area (Å²) in [7, 11) is 1.64. The summed E-state index contributed by atoms with van der Waals surface area (Å²) in [6.07, 6.45) is 5.28. The first-order chi connectivity index (χ1) is 12.1. The van der Waals surface area contributed by atoms with Gasteiger partial charge in [0.15, 0.2) is 0 Å². The van der Waals surface area contributed by atoms with Crippen LogP contribution >= 0.6 is 11.6 Å². The van der Waals surface area contributed by atoms with Gasteiger partial charge >= 0.3 is 0 Å². The number of para-hydroxylation sites is 1. The molecule has 0 saturated carbocycles. The number of nitro groups is 1. The number of benzene rings is 2. The topological polar surface area (TPSA) is 64.4 Å². The first-order valence-electron chi connectivity index (χ1n) is 8.14. The Hall–Kier alpha value is -2.53. The van der Waals surface area contributed by atoms with Crippen molar-refractivity contribution in [1.29, 1.82) is 0 Å². The average molecular weight is 357 g/mol. The van der Waals surface area contributed by atoms with Gasteiger partial charge in [0.2, 0.25) is 0 Å². The molecule has 0 bridgehead atoms. The molecule has 2 aromatic carbocycles. The fraction of sp³-hybridized carbons (Fsp3) is 0.263. The molecule has 5 nitrogen and oxygen atoms in total. The third kappa shape index (κ3) is 2.55. The van der Waals surface area contributed by atoms with Crippen LogP contribution < -0.4 is 10.1 Å². The Labute approximate surface area is 150 Å². The monoisotopic (exact) mass is 356 g/mol. The third-order valence-electron chi connectivity index (χ3n) is 5.10. The molecule has 2 aromatic rings. The van der Waals surface area contributed by atoms with Gasteiger partial charge in [0, 0.05) is 28.6 Å². The number of nitrogens with one attached hydrogen (secondary N) is 1. The van der Waals surface area contributed by atoms with Crippen molar-refractivity contribution >= 4 is 23.0 Å². The van der Waals surface area contributed by atoms with Crippen LogP contribution in [0.25, 0.3) is 0 Å². The molecule has 25 heavy (non-hydrogen) atoms. The van der Waals surface area contributed by atoms with Crippen LogP contribution in [0.15, 0.2) is 48.6 Å². The van der Waals surface area contributed by atoms with Crippen LogP contribution in [0.2, 0.25) is 5.02 Å². The highest BCUT2D eigenvalue weighted by molar-refractivity contribution is 6.31. The number of ether oxygens (including phenoxy) is 1. The summed E-state index contributed by atoms with van der Waals surface area (Å²) in [5, 5.41) is 15.3. The number of halogens is 1. The van der Waals surface area contributed by atoms with Crippen LogP contribution in [0.5, 0.6) is 5.75 Å². The second-order valence-corrected chi connectivity index (χ2v) is 6.77. The molecular formula is C19H17ClN2O3. The molecule has 6 heteroatoms. The van der Waals surface area contributed by atoms with Crippen molar-refractivity contribution in [2.75, 3.05) is 12.4 Å². The molecule has 0 aromatic heterocycles. The molecule has 0 spiro atoms. The van der Waals surface area contributed by atoms with Gasteiger partial charge in [-0.2, -0.15) is 0 Å². The maximum absolute atomic E-state index is 11.2. The minimum absolute atomic E-state index is 0.0505. The zero-order valence-electron chi connectivity index (χ0n) is 13.6. The molecule has 128 valence electrons. The van der Waals surface area contributed by atoms with E-state index in [9.17, 15) is 10.1 Å². The quantitative estimate of drug-likeness (QED) is 0.473. The van der Waals surface area contributed by atoms with Gasteiger partial charge in [-0.3, -0.25) is 10.1 Å². The Morgan fingerprint density at radius 1 is 1.28 bits per heavy atom. The highest BCUT2D eigenvalue weighted by Gasteiger charge is 2.40. The standard InChI is InChI=1S/C19H17ClN2O3/c1-25-17-7-3-6-14-12-4-2-5-13(12)18(21-19(14)17)15-10-11(22(23)24)8-9-16(15)20/h2-4,6-10,12-13,18,21H,5H2,1H3/t12?,13?,18-/m0/s1. The second-order valence-electron chi connectivity index (χ2n) is 6.36. The summed E-state index contributed by atoms with van der Waals surface area (Å²) in [5.74, 6) is 1.27. The van der Waals surface area contributed by atoms with Crippen molar-refractivity contribution in [3.05, 3.63) is 74.8 Å². The lowest BCUT2D eigenvalue weighted by molar-refractivity contribution is -0.384. The molecule has 4 rings (SSSR count). The van der Waals surface area contributed by atoms with Crippen molar-refractivity contribution in [3.8, 4) is 5.75 Å². The van der Waals surface area contributed by atoms with E-state index in [1.807, 2.05) is 12.1 Å². The predicted molar refractivity (Wildman–Crippen MR) is 97.5 cm³/mol. The number of nitro benzene ring substituents is 1. The van der Waals surface area contributed by atoms with E-state index in [4.69, 9.17) is 16.3 Å². The number of hydrogen-bond donors (Lipinski definition) is 1. The molecule has 2 unspecified atom stereocenters. The van der Waals surface area contributed by atoms with Crippen LogP contribution in [0.3, 0.4) is 0 Å². The SMILES string of the molecule is COc1cccc2c1N[C@H](c1cc([N+](=O)[O-])ccc1Cl)C1CC=CC21. The smallest absolute Gasteiger partial charge is 0.269 e. The zero-order chi connectivity index (χ0) is 17.6. The van der Waals surface area contributed by atoms with Crippen LogP contribution in [-0.4, -0.2) is 12.0 Å².